The summed E-state index contributed by atoms with van der Waals surface area (Å²) in [5.74, 6) is 0.228. The molecule has 1 atom stereocenters. The first-order valence-corrected chi connectivity index (χ1v) is 9.66. The maximum absolute atomic E-state index is 12.7. The van der Waals surface area contributed by atoms with Crippen LogP contribution in [-0.4, -0.2) is 39.5 Å². The largest absolute Gasteiger partial charge is 0.340 e. The Hall–Kier alpha value is -2.80. The highest BCUT2D eigenvalue weighted by Crippen LogP contribution is 2.11. The number of amides is 2. The average Bonchev–Trinajstić information content (AvgIpc) is 3.08. The lowest BCUT2D eigenvalue weighted by molar-refractivity contribution is -0.118. The molecule has 1 aromatic heterocycles. The number of carbonyl (C=O) groups excluding carboxylic acids is 2. The molecule has 2 aromatic carbocycles. The summed E-state index contributed by atoms with van der Waals surface area (Å²) in [6, 6.07) is 15.8. The Morgan fingerprint density at radius 2 is 1.85 bits per heavy atom. The fraction of sp³-hybridized carbons (Fsp3) is 0.211. The van der Waals surface area contributed by atoms with Crippen LogP contribution >= 0.6 is 11.8 Å². The van der Waals surface area contributed by atoms with E-state index in [0.29, 0.717) is 12.0 Å². The van der Waals surface area contributed by atoms with Gasteiger partial charge in [0.1, 0.15) is 12.4 Å². The maximum Gasteiger partial charge on any atom is 0.261 e. The molecule has 6 nitrogen and oxygen atoms in total. The number of aromatic nitrogens is 2. The number of nitrogens with one attached hydrogen (secondary N) is 2. The van der Waals surface area contributed by atoms with Crippen LogP contribution in [0.3, 0.4) is 0 Å². The third-order valence-corrected chi connectivity index (χ3v) is 4.60. The van der Waals surface area contributed by atoms with Crippen LogP contribution in [0, 0.1) is 0 Å². The summed E-state index contributed by atoms with van der Waals surface area (Å²) in [5.41, 5.74) is 4.95. The summed E-state index contributed by atoms with van der Waals surface area (Å²) in [6.45, 7) is 0. The lowest BCUT2D eigenvalue weighted by atomic mass is 10.1. The van der Waals surface area contributed by atoms with Crippen LogP contribution < -0.4 is 10.7 Å². The zero-order valence-electron chi connectivity index (χ0n) is 14.4. The molecule has 0 fully saturated rings. The molecule has 3 aromatic rings. The van der Waals surface area contributed by atoms with Gasteiger partial charge in [-0.15, -0.1) is 0 Å². The lowest BCUT2D eigenvalue weighted by Gasteiger charge is -2.18. The van der Waals surface area contributed by atoms with E-state index in [4.69, 9.17) is 0 Å². The Kier molecular flexibility index (Phi) is 5.91. The van der Waals surface area contributed by atoms with Crippen LogP contribution in [0.5, 0.6) is 0 Å². The Labute approximate surface area is 156 Å². The summed E-state index contributed by atoms with van der Waals surface area (Å²) in [6.07, 6.45) is 4.07. The Bertz CT molecular complexity index is 895. The van der Waals surface area contributed by atoms with Crippen molar-refractivity contribution in [1.82, 2.24) is 15.0 Å². The highest BCUT2D eigenvalue weighted by atomic mass is 32.2. The molecule has 26 heavy (non-hydrogen) atoms. The van der Waals surface area contributed by atoms with E-state index in [0.717, 1.165) is 16.8 Å². The number of para-hydroxylation sites is 2. The summed E-state index contributed by atoms with van der Waals surface area (Å²) in [5, 5.41) is 2.83. The summed E-state index contributed by atoms with van der Waals surface area (Å²) in [7, 11) is 0. The summed E-state index contributed by atoms with van der Waals surface area (Å²) < 4.78 is 1.58. The first-order valence-electron chi connectivity index (χ1n) is 8.27. The number of imidazole rings is 1. The van der Waals surface area contributed by atoms with Gasteiger partial charge < -0.3 is 5.32 Å². The predicted octanol–water partition coefficient (Wildman–Crippen LogP) is 2.66. The van der Waals surface area contributed by atoms with Gasteiger partial charge in [-0.25, -0.2) is 9.66 Å². The number of rotatable bonds is 7. The van der Waals surface area contributed by atoms with E-state index in [9.17, 15) is 9.59 Å². The van der Waals surface area contributed by atoms with Gasteiger partial charge in [0.25, 0.3) is 11.8 Å². The number of hydrogen-bond donors (Lipinski definition) is 2. The van der Waals surface area contributed by atoms with Crippen LogP contribution in [0.1, 0.15) is 16.8 Å². The normalized spacial score (nSPS) is 11.9. The second kappa shape index (κ2) is 8.53. The van der Waals surface area contributed by atoms with Crippen molar-refractivity contribution in [3.05, 3.63) is 66.5 Å². The molecule has 134 valence electrons. The molecule has 7 heteroatoms. The van der Waals surface area contributed by atoms with Gasteiger partial charge in [0, 0.05) is 5.56 Å². The van der Waals surface area contributed by atoms with Gasteiger partial charge in [0.05, 0.1) is 11.0 Å². The van der Waals surface area contributed by atoms with Gasteiger partial charge in [0.15, 0.2) is 0 Å². The minimum atomic E-state index is -0.628. The lowest BCUT2D eigenvalue weighted by Crippen LogP contribution is -2.46. The van der Waals surface area contributed by atoms with Gasteiger partial charge in [-0.2, -0.15) is 11.8 Å². The molecule has 2 N–H and O–H groups in total. The van der Waals surface area contributed by atoms with E-state index in [1.54, 1.807) is 47.0 Å². The van der Waals surface area contributed by atoms with Crippen molar-refractivity contribution in [2.75, 3.05) is 17.4 Å². The van der Waals surface area contributed by atoms with E-state index in [1.807, 2.05) is 36.6 Å². The number of fused-ring (bicyclic) bond motifs is 1. The van der Waals surface area contributed by atoms with Crippen LogP contribution in [0.15, 0.2) is 60.9 Å². The van der Waals surface area contributed by atoms with E-state index in [1.165, 1.54) is 0 Å². The van der Waals surface area contributed by atoms with Gasteiger partial charge in [0.2, 0.25) is 0 Å². The molecule has 1 unspecified atom stereocenters. The van der Waals surface area contributed by atoms with Crippen LogP contribution in [-0.2, 0) is 4.79 Å². The molecule has 0 saturated carbocycles. The Morgan fingerprint density at radius 1 is 1.12 bits per heavy atom. The quantitative estimate of drug-likeness (QED) is 0.672. The molecular formula is C19H20N4O2S. The van der Waals surface area contributed by atoms with Crippen molar-refractivity contribution < 1.29 is 9.59 Å². The zero-order chi connectivity index (χ0) is 18.4. The fourth-order valence-electron chi connectivity index (χ4n) is 2.58. The first kappa shape index (κ1) is 18.0. The van der Waals surface area contributed by atoms with Crippen molar-refractivity contribution >= 4 is 34.6 Å². The SMILES string of the molecule is CSCCC(NC(=O)c1ccccc1)C(=O)Nn1cnc2ccccc21. The van der Waals surface area contributed by atoms with Crippen LogP contribution in [0.2, 0.25) is 0 Å². The molecule has 0 saturated heterocycles. The molecule has 2 amide bonds. The number of nitrogens with zero attached hydrogens (tertiary/aromatic N) is 2. The van der Waals surface area contributed by atoms with E-state index in [2.05, 4.69) is 15.7 Å². The van der Waals surface area contributed by atoms with E-state index < -0.39 is 6.04 Å². The minimum Gasteiger partial charge on any atom is -0.340 e. The average molecular weight is 368 g/mol. The van der Waals surface area contributed by atoms with E-state index in [-0.39, 0.29) is 11.8 Å². The second-order valence-corrected chi connectivity index (χ2v) is 6.74. The first-order chi connectivity index (χ1) is 12.7. The molecule has 0 aliphatic heterocycles. The van der Waals surface area contributed by atoms with Crippen molar-refractivity contribution in [3.63, 3.8) is 0 Å². The van der Waals surface area contributed by atoms with Gasteiger partial charge in [-0.1, -0.05) is 30.3 Å². The Morgan fingerprint density at radius 3 is 2.62 bits per heavy atom. The molecule has 0 bridgehead atoms. The molecule has 1 heterocycles. The Balaban J connectivity index is 1.74. The van der Waals surface area contributed by atoms with Crippen molar-refractivity contribution in [1.29, 1.82) is 0 Å². The molecule has 0 radical (unpaired) electrons. The van der Waals surface area contributed by atoms with Crippen LogP contribution in [0.4, 0.5) is 0 Å². The number of thioether (sulfide) groups is 1. The van der Waals surface area contributed by atoms with Crippen molar-refractivity contribution in [2.45, 2.75) is 12.5 Å². The van der Waals surface area contributed by atoms with E-state index >= 15 is 0 Å². The smallest absolute Gasteiger partial charge is 0.261 e. The molecule has 0 spiro atoms. The maximum atomic E-state index is 12.7. The monoisotopic (exact) mass is 368 g/mol. The number of hydrogen-bond acceptors (Lipinski definition) is 4. The van der Waals surface area contributed by atoms with Gasteiger partial charge >= 0.3 is 0 Å². The minimum absolute atomic E-state index is 0.262. The van der Waals surface area contributed by atoms with Crippen molar-refractivity contribution in [3.8, 4) is 0 Å². The molecule has 3 rings (SSSR count). The van der Waals surface area contributed by atoms with Crippen molar-refractivity contribution in [2.24, 2.45) is 0 Å². The summed E-state index contributed by atoms with van der Waals surface area (Å²) >= 11 is 1.63. The third-order valence-electron chi connectivity index (χ3n) is 3.95. The second-order valence-electron chi connectivity index (χ2n) is 5.75. The summed E-state index contributed by atoms with van der Waals surface area (Å²) in [4.78, 5) is 29.4. The highest BCUT2D eigenvalue weighted by molar-refractivity contribution is 7.98. The number of carbonyl (C=O) groups is 2. The molecular weight excluding hydrogens is 348 g/mol. The molecule has 0 aliphatic rings. The van der Waals surface area contributed by atoms with Crippen LogP contribution in [0.25, 0.3) is 11.0 Å². The van der Waals surface area contributed by atoms with Gasteiger partial charge in [-0.05, 0) is 42.7 Å². The van der Waals surface area contributed by atoms with Gasteiger partial charge in [-0.3, -0.25) is 15.0 Å². The standard InChI is InChI=1S/C19H20N4O2S/c1-26-12-11-16(21-18(24)14-7-3-2-4-8-14)19(25)22-23-13-20-15-9-5-6-10-17(15)23/h2-10,13,16H,11-12H2,1H3,(H,21,24)(H,22,25). The highest BCUT2D eigenvalue weighted by Gasteiger charge is 2.21. The third kappa shape index (κ3) is 4.23. The zero-order valence-corrected chi connectivity index (χ0v) is 15.2. The predicted molar refractivity (Wildman–Crippen MR) is 105 cm³/mol. The number of benzene rings is 2. The fourth-order valence-corrected chi connectivity index (χ4v) is 3.05. The molecule has 0 aliphatic carbocycles. The topological polar surface area (TPSA) is 76.0 Å².